The molecule has 0 N–H and O–H groups in total. The van der Waals surface area contributed by atoms with Gasteiger partial charge in [0.15, 0.2) is 5.69 Å². The van der Waals surface area contributed by atoms with E-state index in [2.05, 4.69) is 22.2 Å². The predicted molar refractivity (Wildman–Crippen MR) is 137 cm³/mol. The maximum absolute atomic E-state index is 13.3. The van der Waals surface area contributed by atoms with E-state index < -0.39 is 11.9 Å². The topological polar surface area (TPSA) is 71.3 Å². The van der Waals surface area contributed by atoms with Gasteiger partial charge in [-0.3, -0.25) is 9.59 Å². The second-order valence-electron chi connectivity index (χ2n) is 9.76. The Hall–Kier alpha value is -2.92. The fourth-order valence-corrected chi connectivity index (χ4v) is 6.44. The van der Waals surface area contributed by atoms with Crippen LogP contribution >= 0.6 is 22.9 Å². The first-order chi connectivity index (χ1) is 18.1. The van der Waals surface area contributed by atoms with Crippen LogP contribution in [-0.4, -0.2) is 56.5 Å². The summed E-state index contributed by atoms with van der Waals surface area (Å²) >= 11 is 7.31. The number of nitrogens with zero attached hydrogens (tertiary/aromatic N) is 5. The van der Waals surface area contributed by atoms with Crippen molar-refractivity contribution in [3.8, 4) is 0 Å². The fourth-order valence-electron chi connectivity index (χ4n) is 5.27. The minimum atomic E-state index is -4.63. The Morgan fingerprint density at radius 1 is 1.18 bits per heavy atom. The lowest BCUT2D eigenvalue weighted by molar-refractivity contribution is -0.142. The molecule has 2 aromatic heterocycles. The van der Waals surface area contributed by atoms with Gasteiger partial charge in [0.1, 0.15) is 17.4 Å². The summed E-state index contributed by atoms with van der Waals surface area (Å²) in [6, 6.07) is 9.01. The normalized spacial score (nSPS) is 18.3. The number of carbonyl (C=O) groups is 2. The van der Waals surface area contributed by atoms with E-state index in [1.54, 1.807) is 15.2 Å². The maximum Gasteiger partial charge on any atom is 0.435 e. The third kappa shape index (κ3) is 5.44. The van der Waals surface area contributed by atoms with Crippen molar-refractivity contribution in [3.05, 3.63) is 68.4 Å². The number of thiazole rings is 1. The van der Waals surface area contributed by atoms with Crippen LogP contribution in [0.4, 0.5) is 13.2 Å². The van der Waals surface area contributed by atoms with E-state index in [-0.39, 0.29) is 35.5 Å². The van der Waals surface area contributed by atoms with Crippen LogP contribution in [0, 0.1) is 0 Å². The van der Waals surface area contributed by atoms with Gasteiger partial charge in [-0.05, 0) is 43.2 Å². The Morgan fingerprint density at radius 2 is 1.92 bits per heavy atom. The molecule has 3 aromatic rings. The van der Waals surface area contributed by atoms with Crippen molar-refractivity contribution >= 4 is 34.8 Å². The molecule has 202 valence electrons. The van der Waals surface area contributed by atoms with Gasteiger partial charge in [-0.1, -0.05) is 35.9 Å². The van der Waals surface area contributed by atoms with Gasteiger partial charge in [0.2, 0.25) is 5.91 Å². The van der Waals surface area contributed by atoms with Crippen LogP contribution in [0.1, 0.15) is 70.0 Å². The highest BCUT2D eigenvalue weighted by atomic mass is 35.5. The molecule has 1 fully saturated rings. The van der Waals surface area contributed by atoms with E-state index in [1.165, 1.54) is 22.5 Å². The zero-order valence-electron chi connectivity index (χ0n) is 20.7. The zero-order valence-corrected chi connectivity index (χ0v) is 22.3. The molecule has 12 heteroatoms. The van der Waals surface area contributed by atoms with Gasteiger partial charge in [0.25, 0.3) is 5.91 Å². The van der Waals surface area contributed by atoms with E-state index in [0.717, 1.165) is 29.0 Å². The number of hydrogen-bond acceptors (Lipinski definition) is 5. The molecular formula is C26H27ClF3N5O2S. The Morgan fingerprint density at radius 3 is 2.63 bits per heavy atom. The molecule has 38 heavy (non-hydrogen) atoms. The lowest BCUT2D eigenvalue weighted by Gasteiger charge is -2.33. The molecule has 1 atom stereocenters. The molecule has 2 amide bonds. The summed E-state index contributed by atoms with van der Waals surface area (Å²) in [7, 11) is 1.84. The molecule has 1 unspecified atom stereocenters. The first-order valence-corrected chi connectivity index (χ1v) is 13.8. The Bertz CT molecular complexity index is 1330. The molecule has 3 heterocycles. The molecule has 5 rings (SSSR count). The van der Waals surface area contributed by atoms with E-state index in [0.29, 0.717) is 37.7 Å². The average molecular weight is 566 g/mol. The molecule has 1 aliphatic heterocycles. The van der Waals surface area contributed by atoms with E-state index in [1.807, 2.05) is 19.2 Å². The van der Waals surface area contributed by atoms with Gasteiger partial charge in [-0.25, -0.2) is 9.67 Å². The third-order valence-electron chi connectivity index (χ3n) is 7.37. The number of amides is 2. The second-order valence-corrected chi connectivity index (χ2v) is 11.0. The van der Waals surface area contributed by atoms with Crippen LogP contribution in [0.3, 0.4) is 0 Å². The Balaban J connectivity index is 1.18. The average Bonchev–Trinajstić information content (AvgIpc) is 3.55. The van der Waals surface area contributed by atoms with Gasteiger partial charge in [0, 0.05) is 37.5 Å². The molecule has 7 nitrogen and oxygen atoms in total. The largest absolute Gasteiger partial charge is 0.435 e. The van der Waals surface area contributed by atoms with Crippen molar-refractivity contribution in [1.82, 2.24) is 24.6 Å². The summed E-state index contributed by atoms with van der Waals surface area (Å²) < 4.78 is 39.5. The predicted octanol–water partition coefficient (Wildman–Crippen LogP) is 5.57. The second kappa shape index (κ2) is 10.7. The van der Waals surface area contributed by atoms with Crippen molar-refractivity contribution in [2.45, 2.75) is 56.8 Å². The van der Waals surface area contributed by atoms with Gasteiger partial charge < -0.3 is 9.80 Å². The number of rotatable bonds is 5. The Labute approximate surface area is 227 Å². The minimum Gasteiger partial charge on any atom is -0.341 e. The number of halogens is 4. The van der Waals surface area contributed by atoms with Gasteiger partial charge in [-0.2, -0.15) is 18.3 Å². The van der Waals surface area contributed by atoms with Crippen LogP contribution in [-0.2, 0) is 23.9 Å². The summed E-state index contributed by atoms with van der Waals surface area (Å²) in [6.45, 7) is 0.526. The number of benzene rings is 1. The van der Waals surface area contributed by atoms with Crippen molar-refractivity contribution in [3.63, 3.8) is 0 Å². The molecule has 1 saturated heterocycles. The summed E-state index contributed by atoms with van der Waals surface area (Å²) in [4.78, 5) is 34.0. The summed E-state index contributed by atoms with van der Waals surface area (Å²) in [5, 5.41) is 5.86. The van der Waals surface area contributed by atoms with E-state index in [4.69, 9.17) is 11.6 Å². The number of fused-ring (bicyclic) bond motifs is 1. The van der Waals surface area contributed by atoms with Crippen LogP contribution in [0.2, 0.25) is 5.15 Å². The number of carbonyl (C=O) groups excluding carboxylic acids is 2. The van der Waals surface area contributed by atoms with E-state index >= 15 is 0 Å². The molecular weight excluding hydrogens is 539 g/mol. The maximum atomic E-state index is 13.3. The molecule has 0 radical (unpaired) electrons. The molecule has 0 bridgehead atoms. The molecule has 2 aliphatic rings. The number of hydrogen-bond donors (Lipinski definition) is 0. The molecule has 1 aliphatic carbocycles. The van der Waals surface area contributed by atoms with Crippen molar-refractivity contribution in [2.75, 3.05) is 20.1 Å². The number of aromatic nitrogens is 3. The minimum absolute atomic E-state index is 0.0300. The number of alkyl halides is 3. The third-order valence-corrected chi connectivity index (χ3v) is 8.68. The Kier molecular flexibility index (Phi) is 7.50. The van der Waals surface area contributed by atoms with Crippen LogP contribution in [0.15, 0.2) is 35.7 Å². The first-order valence-electron chi connectivity index (χ1n) is 12.5. The standard InChI is InChI=1S/C26H27ClF3N5O2S/c1-33(20-8-4-6-16-5-2-3-7-18(16)20)25(37)19-15-38-24(31-19)17-9-11-34(12-10-17)23(36)14-35-22(27)13-21(32-35)26(28,29)30/h2-3,5,7,13,15,17,20H,4,6,8-12,14H2,1H3. The number of piperidine rings is 1. The van der Waals surface area contributed by atoms with Crippen LogP contribution in [0.25, 0.3) is 0 Å². The van der Waals surface area contributed by atoms with Crippen molar-refractivity contribution in [1.29, 1.82) is 0 Å². The highest BCUT2D eigenvalue weighted by molar-refractivity contribution is 7.09. The summed E-state index contributed by atoms with van der Waals surface area (Å²) in [5.41, 5.74) is 1.80. The molecule has 0 spiro atoms. The fraction of sp³-hybridized carbons (Fsp3) is 0.462. The number of likely N-dealkylation sites (tertiary alicyclic amines) is 1. The van der Waals surface area contributed by atoms with Gasteiger partial charge >= 0.3 is 6.18 Å². The lowest BCUT2D eigenvalue weighted by Crippen LogP contribution is -2.40. The SMILES string of the molecule is CN(C(=O)c1csc(C2CCN(C(=O)Cn3nc(C(F)(F)F)cc3Cl)CC2)n1)C1CCCc2ccccc21. The quantitative estimate of drug-likeness (QED) is 0.406. The van der Waals surface area contributed by atoms with Crippen LogP contribution < -0.4 is 0 Å². The van der Waals surface area contributed by atoms with Gasteiger partial charge in [0.05, 0.1) is 11.0 Å². The first kappa shape index (κ1) is 26.7. The summed E-state index contributed by atoms with van der Waals surface area (Å²) in [5.74, 6) is -0.334. The highest BCUT2D eigenvalue weighted by Gasteiger charge is 2.35. The van der Waals surface area contributed by atoms with Crippen molar-refractivity contribution in [2.24, 2.45) is 0 Å². The zero-order chi connectivity index (χ0) is 27.0. The van der Waals surface area contributed by atoms with Gasteiger partial charge in [-0.15, -0.1) is 11.3 Å². The monoisotopic (exact) mass is 565 g/mol. The summed E-state index contributed by atoms with van der Waals surface area (Å²) in [6.07, 6.45) is -0.335. The van der Waals surface area contributed by atoms with Crippen LogP contribution in [0.5, 0.6) is 0 Å². The molecule has 1 aromatic carbocycles. The smallest absolute Gasteiger partial charge is 0.341 e. The molecule has 0 saturated carbocycles. The van der Waals surface area contributed by atoms with Crippen molar-refractivity contribution < 1.29 is 22.8 Å². The highest BCUT2D eigenvalue weighted by Crippen LogP contribution is 2.35. The number of aryl methyl sites for hydroxylation is 1. The lowest BCUT2D eigenvalue weighted by atomic mass is 9.87. The van der Waals surface area contributed by atoms with E-state index in [9.17, 15) is 22.8 Å².